The van der Waals surface area contributed by atoms with Gasteiger partial charge in [-0.15, -0.1) is 0 Å². The van der Waals surface area contributed by atoms with Gasteiger partial charge in [-0.25, -0.2) is 13.2 Å². The van der Waals surface area contributed by atoms with Gasteiger partial charge in [-0.2, -0.15) is 0 Å². The van der Waals surface area contributed by atoms with E-state index in [-0.39, 0.29) is 12.8 Å². The van der Waals surface area contributed by atoms with Crippen LogP contribution in [0.3, 0.4) is 0 Å². The lowest BCUT2D eigenvalue weighted by Crippen LogP contribution is -2.49. The Kier molecular flexibility index (Phi) is 5.69. The average molecular weight is 433 g/mol. The summed E-state index contributed by atoms with van der Waals surface area (Å²) in [6.07, 6.45) is 1.09. The fourth-order valence-corrected chi connectivity index (χ4v) is 4.01. The first kappa shape index (κ1) is 20.3. The van der Waals surface area contributed by atoms with Crippen LogP contribution in [0.4, 0.5) is 16.2 Å². The first-order valence-corrected chi connectivity index (χ1v) is 11.5. The van der Waals surface area contributed by atoms with Gasteiger partial charge in [-0.1, -0.05) is 6.07 Å². The summed E-state index contributed by atoms with van der Waals surface area (Å²) in [6, 6.07) is 12.4. The van der Waals surface area contributed by atoms with Crippen molar-refractivity contribution in [1.29, 1.82) is 0 Å². The van der Waals surface area contributed by atoms with Gasteiger partial charge in [0, 0.05) is 44.1 Å². The second-order valence-corrected chi connectivity index (χ2v) is 9.08. The van der Waals surface area contributed by atoms with E-state index in [4.69, 9.17) is 9.47 Å². The summed E-state index contributed by atoms with van der Waals surface area (Å²) in [5, 5.41) is 2.86. The second kappa shape index (κ2) is 8.41. The molecule has 10 heteroatoms. The minimum Gasteiger partial charge on any atom is -0.454 e. The summed E-state index contributed by atoms with van der Waals surface area (Å²) in [6.45, 7) is 3.87. The number of ether oxygens (including phenoxy) is 2. The molecule has 2 aromatic carbocycles. The van der Waals surface area contributed by atoms with E-state index in [1.165, 1.54) is 0 Å². The van der Waals surface area contributed by atoms with E-state index in [0.717, 1.165) is 43.0 Å². The maximum Gasteiger partial charge on any atom is 0.321 e. The Bertz CT molecular complexity index is 1020. The van der Waals surface area contributed by atoms with Crippen molar-refractivity contribution in [3.8, 4) is 11.5 Å². The zero-order valence-electron chi connectivity index (χ0n) is 16.6. The van der Waals surface area contributed by atoms with Crippen LogP contribution >= 0.6 is 0 Å². The van der Waals surface area contributed by atoms with Gasteiger partial charge in [0.15, 0.2) is 11.5 Å². The molecule has 9 nitrogen and oxygen atoms in total. The van der Waals surface area contributed by atoms with Crippen LogP contribution in [0.5, 0.6) is 11.5 Å². The number of urea groups is 1. The van der Waals surface area contributed by atoms with Crippen LogP contribution in [0.2, 0.25) is 0 Å². The Morgan fingerprint density at radius 3 is 2.33 bits per heavy atom. The molecule has 2 aromatic rings. The summed E-state index contributed by atoms with van der Waals surface area (Å²) < 4.78 is 35.7. The first-order chi connectivity index (χ1) is 14.4. The zero-order chi connectivity index (χ0) is 21.1. The molecule has 2 amide bonds. The lowest BCUT2D eigenvalue weighted by atomic mass is 10.1. The van der Waals surface area contributed by atoms with E-state index in [1.807, 2.05) is 18.2 Å². The zero-order valence-corrected chi connectivity index (χ0v) is 17.4. The minimum absolute atomic E-state index is 0.165. The van der Waals surface area contributed by atoms with Crippen LogP contribution in [0, 0.1) is 0 Å². The molecule has 0 unspecified atom stereocenters. The standard InChI is InChI=1S/C20H24N4O5S/c1-30(26,27)22-17-5-3-16(4-6-17)21-20(25)24-10-8-23(9-11-24)13-15-2-7-18-19(12-15)29-14-28-18/h2-7,12,22H,8-11,13-14H2,1H3,(H,21,25). The fourth-order valence-electron chi connectivity index (χ4n) is 3.44. The van der Waals surface area contributed by atoms with E-state index in [1.54, 1.807) is 29.2 Å². The summed E-state index contributed by atoms with van der Waals surface area (Å²) in [4.78, 5) is 16.6. The third kappa shape index (κ3) is 5.14. The average Bonchev–Trinajstić information content (AvgIpc) is 3.17. The van der Waals surface area contributed by atoms with Crippen LogP contribution in [-0.2, 0) is 16.6 Å². The Hall–Kier alpha value is -2.98. The molecule has 30 heavy (non-hydrogen) atoms. The van der Waals surface area contributed by atoms with Crippen LogP contribution in [0.25, 0.3) is 0 Å². The van der Waals surface area contributed by atoms with E-state index in [0.29, 0.717) is 24.5 Å². The van der Waals surface area contributed by atoms with Crippen LogP contribution in [0.15, 0.2) is 42.5 Å². The van der Waals surface area contributed by atoms with E-state index >= 15 is 0 Å². The number of hydrogen-bond acceptors (Lipinski definition) is 6. The quantitative estimate of drug-likeness (QED) is 0.751. The van der Waals surface area contributed by atoms with E-state index in [2.05, 4.69) is 14.9 Å². The van der Waals surface area contributed by atoms with Crippen molar-refractivity contribution < 1.29 is 22.7 Å². The Morgan fingerprint density at radius 2 is 1.63 bits per heavy atom. The van der Waals surface area contributed by atoms with Crippen molar-refractivity contribution in [3.05, 3.63) is 48.0 Å². The summed E-state index contributed by atoms with van der Waals surface area (Å²) in [5.41, 5.74) is 2.22. The number of anilines is 2. The summed E-state index contributed by atoms with van der Waals surface area (Å²) >= 11 is 0. The number of amides is 2. The van der Waals surface area contributed by atoms with Crippen molar-refractivity contribution >= 4 is 27.4 Å². The number of benzene rings is 2. The molecule has 2 aliphatic heterocycles. The molecule has 160 valence electrons. The molecule has 0 aromatic heterocycles. The first-order valence-electron chi connectivity index (χ1n) is 9.60. The van der Waals surface area contributed by atoms with Gasteiger partial charge in [0.1, 0.15) is 0 Å². The van der Waals surface area contributed by atoms with Crippen LogP contribution < -0.4 is 19.5 Å². The molecular weight excluding hydrogens is 408 g/mol. The summed E-state index contributed by atoms with van der Waals surface area (Å²) in [5.74, 6) is 1.56. The maximum absolute atomic E-state index is 12.5. The number of rotatable bonds is 5. The molecule has 1 saturated heterocycles. The van der Waals surface area contributed by atoms with Crippen molar-refractivity contribution in [1.82, 2.24) is 9.80 Å². The van der Waals surface area contributed by atoms with Gasteiger partial charge in [-0.3, -0.25) is 9.62 Å². The van der Waals surface area contributed by atoms with E-state index in [9.17, 15) is 13.2 Å². The second-order valence-electron chi connectivity index (χ2n) is 7.33. The maximum atomic E-state index is 12.5. The Balaban J connectivity index is 1.26. The minimum atomic E-state index is -3.32. The van der Waals surface area contributed by atoms with Gasteiger partial charge >= 0.3 is 6.03 Å². The van der Waals surface area contributed by atoms with E-state index < -0.39 is 10.0 Å². The lowest BCUT2D eigenvalue weighted by molar-refractivity contribution is 0.143. The highest BCUT2D eigenvalue weighted by atomic mass is 32.2. The molecule has 0 atom stereocenters. The summed E-state index contributed by atoms with van der Waals surface area (Å²) in [7, 11) is -3.32. The Labute approximate surface area is 175 Å². The predicted octanol–water partition coefficient (Wildman–Crippen LogP) is 2.14. The SMILES string of the molecule is CS(=O)(=O)Nc1ccc(NC(=O)N2CCN(Cc3ccc4c(c3)OCO4)CC2)cc1. The van der Waals surface area contributed by atoms with Crippen LogP contribution in [-0.4, -0.2) is 63.5 Å². The number of fused-ring (bicyclic) bond motifs is 1. The van der Waals surface area contributed by atoms with Gasteiger partial charge < -0.3 is 19.7 Å². The van der Waals surface area contributed by atoms with Crippen molar-refractivity contribution in [3.63, 3.8) is 0 Å². The molecule has 0 aliphatic carbocycles. The molecule has 4 rings (SSSR count). The molecule has 2 heterocycles. The fraction of sp³-hybridized carbons (Fsp3) is 0.350. The van der Waals surface area contributed by atoms with Gasteiger partial charge in [0.05, 0.1) is 6.26 Å². The van der Waals surface area contributed by atoms with Crippen LogP contribution in [0.1, 0.15) is 5.56 Å². The molecule has 2 N–H and O–H groups in total. The van der Waals surface area contributed by atoms with Crippen molar-refractivity contribution in [2.75, 3.05) is 49.3 Å². The number of carbonyl (C=O) groups is 1. The highest BCUT2D eigenvalue weighted by Gasteiger charge is 2.22. The topological polar surface area (TPSA) is 100 Å². The number of nitrogens with zero attached hydrogens (tertiary/aromatic N) is 2. The van der Waals surface area contributed by atoms with Crippen molar-refractivity contribution in [2.45, 2.75) is 6.54 Å². The molecule has 0 spiro atoms. The number of nitrogens with one attached hydrogen (secondary N) is 2. The van der Waals surface area contributed by atoms with Crippen molar-refractivity contribution in [2.24, 2.45) is 0 Å². The lowest BCUT2D eigenvalue weighted by Gasteiger charge is -2.34. The van der Waals surface area contributed by atoms with Gasteiger partial charge in [-0.05, 0) is 42.0 Å². The highest BCUT2D eigenvalue weighted by molar-refractivity contribution is 7.92. The number of carbonyl (C=O) groups excluding carboxylic acids is 1. The molecule has 0 bridgehead atoms. The molecule has 2 aliphatic rings. The number of piperazine rings is 1. The monoisotopic (exact) mass is 432 g/mol. The molecule has 0 radical (unpaired) electrons. The number of hydrogen-bond donors (Lipinski definition) is 2. The Morgan fingerprint density at radius 1 is 0.967 bits per heavy atom. The number of sulfonamides is 1. The highest BCUT2D eigenvalue weighted by Crippen LogP contribution is 2.32. The smallest absolute Gasteiger partial charge is 0.321 e. The van der Waals surface area contributed by atoms with Gasteiger partial charge in [0.25, 0.3) is 0 Å². The third-order valence-electron chi connectivity index (χ3n) is 4.94. The third-order valence-corrected chi connectivity index (χ3v) is 5.55. The largest absolute Gasteiger partial charge is 0.454 e. The normalized spacial score (nSPS) is 16.4. The van der Waals surface area contributed by atoms with Gasteiger partial charge in [0.2, 0.25) is 16.8 Å². The predicted molar refractivity (Wildman–Crippen MR) is 113 cm³/mol. The molecule has 1 fully saturated rings. The molecular formula is C20H24N4O5S. The molecule has 0 saturated carbocycles.